The third-order valence-corrected chi connectivity index (χ3v) is 6.26. The topological polar surface area (TPSA) is 148 Å². The maximum Gasteiger partial charge on any atom is 3.00 e. The van der Waals surface area contributed by atoms with Crippen molar-refractivity contribution in [2.24, 2.45) is 0 Å². The van der Waals surface area contributed by atoms with Crippen molar-refractivity contribution in [1.29, 1.82) is 0 Å². The second kappa shape index (κ2) is 41.1. The summed E-state index contributed by atoms with van der Waals surface area (Å²) in [6, 6.07) is 0. The molecule has 0 N–H and O–H groups in total. The minimum Gasteiger partial charge on any atom is -0.566 e. The van der Waals surface area contributed by atoms with E-state index in [2.05, 4.69) is 34.3 Å². The van der Waals surface area contributed by atoms with E-state index in [4.69, 9.17) is 0 Å². The van der Waals surface area contributed by atoms with Gasteiger partial charge in [0.05, 0.1) is 0 Å². The van der Waals surface area contributed by atoms with Crippen LogP contribution >= 0.6 is 24.8 Å². The summed E-state index contributed by atoms with van der Waals surface area (Å²) in [5.41, 5.74) is 0. The van der Waals surface area contributed by atoms with Crippen molar-refractivity contribution in [3.05, 3.63) is 0 Å². The first-order valence-corrected chi connectivity index (χ1v) is 16.9. The fraction of sp³-hybridized carbons (Fsp3) is 1.00. The molecule has 3 unspecified atom stereocenters. The average Bonchev–Trinajstić information content (AvgIpc) is 2.83. The molecule has 0 heterocycles. The van der Waals surface area contributed by atoms with E-state index in [0.717, 1.165) is 38.5 Å². The van der Waals surface area contributed by atoms with Crippen molar-refractivity contribution in [3.63, 3.8) is 0 Å². The zero-order valence-electron chi connectivity index (χ0n) is 23.2. The minimum absolute atomic E-state index is 0. The van der Waals surface area contributed by atoms with Gasteiger partial charge >= 0.3 is 41.5 Å². The summed E-state index contributed by atoms with van der Waals surface area (Å²) >= 11 is 0. The SMILES string of the molecule is CCCCCCCCO[P+](=O)[O-].CCCCCCCCO[P+](=O)[O-].CCCCCCCCO[P+](=O)[O-].[Co+3]. The summed E-state index contributed by atoms with van der Waals surface area (Å²) in [4.78, 5) is 29.8. The van der Waals surface area contributed by atoms with Gasteiger partial charge in [-0.2, -0.15) is 0 Å². The second-order valence-corrected chi connectivity index (χ2v) is 10.6. The molecule has 0 fully saturated rings. The minimum atomic E-state index is -2.63. The van der Waals surface area contributed by atoms with E-state index in [1.54, 1.807) is 0 Å². The number of hydrogen-bond acceptors (Lipinski definition) is 9. The first-order chi connectivity index (χ1) is 17.3. The van der Waals surface area contributed by atoms with Gasteiger partial charge in [0.1, 0.15) is 19.8 Å². The molecule has 37 heavy (non-hydrogen) atoms. The first-order valence-electron chi connectivity index (χ1n) is 13.6. The first kappa shape index (κ1) is 44.6. The van der Waals surface area contributed by atoms with Gasteiger partial charge in [-0.25, -0.2) is 0 Å². The van der Waals surface area contributed by atoms with Crippen molar-refractivity contribution in [3.8, 4) is 0 Å². The van der Waals surface area contributed by atoms with Crippen LogP contribution in [0.25, 0.3) is 0 Å². The molecule has 0 aliphatic heterocycles. The van der Waals surface area contributed by atoms with Crippen LogP contribution in [0.5, 0.6) is 0 Å². The predicted octanol–water partition coefficient (Wildman–Crippen LogP) is 7.14. The molecule has 0 aliphatic rings. The van der Waals surface area contributed by atoms with Crippen molar-refractivity contribution in [2.45, 2.75) is 136 Å². The van der Waals surface area contributed by atoms with E-state index in [-0.39, 0.29) is 16.8 Å². The van der Waals surface area contributed by atoms with Crippen LogP contribution < -0.4 is 14.7 Å². The number of hydrogen-bond donors (Lipinski definition) is 0. The van der Waals surface area contributed by atoms with Crippen LogP contribution in [0, 0.1) is 0 Å². The molecule has 0 radical (unpaired) electrons. The van der Waals surface area contributed by atoms with E-state index < -0.39 is 24.8 Å². The van der Waals surface area contributed by atoms with Crippen LogP contribution in [-0.2, 0) is 44.0 Å². The van der Waals surface area contributed by atoms with Gasteiger partial charge in [-0.3, -0.25) is 0 Å². The van der Waals surface area contributed by atoms with Gasteiger partial charge in [0.25, 0.3) is 0 Å². The normalized spacial score (nSPS) is 11.4. The molecule has 0 rings (SSSR count). The smallest absolute Gasteiger partial charge is 0.566 e. The predicted molar refractivity (Wildman–Crippen MR) is 141 cm³/mol. The van der Waals surface area contributed by atoms with Gasteiger partial charge in [0, 0.05) is 0 Å². The molecule has 0 aliphatic carbocycles. The molecule has 0 saturated carbocycles. The quantitative estimate of drug-likeness (QED) is 0.0797. The Bertz CT molecular complexity index is 424. The van der Waals surface area contributed by atoms with E-state index in [1.807, 2.05) is 0 Å². The Hall–Kier alpha value is 0.566. The Morgan fingerprint density at radius 3 is 0.784 bits per heavy atom. The summed E-state index contributed by atoms with van der Waals surface area (Å²) in [6.07, 6.45) is 20.6. The Labute approximate surface area is 239 Å². The van der Waals surface area contributed by atoms with Crippen molar-refractivity contribution in [2.75, 3.05) is 19.8 Å². The van der Waals surface area contributed by atoms with Gasteiger partial charge < -0.3 is 14.7 Å². The van der Waals surface area contributed by atoms with Crippen LogP contribution in [0.3, 0.4) is 0 Å². The zero-order valence-corrected chi connectivity index (χ0v) is 26.9. The molecule has 0 bridgehead atoms. The fourth-order valence-corrected chi connectivity index (χ4v) is 3.90. The Kier molecular flexibility index (Phi) is 49.5. The molecule has 0 aromatic carbocycles. The van der Waals surface area contributed by atoms with Crippen LogP contribution in [0.2, 0.25) is 0 Å². The molecule has 9 nitrogen and oxygen atoms in total. The van der Waals surface area contributed by atoms with Crippen molar-refractivity contribution in [1.82, 2.24) is 0 Å². The van der Waals surface area contributed by atoms with Gasteiger partial charge in [-0.15, -0.1) is 13.6 Å². The molecule has 0 spiro atoms. The molecular weight excluding hydrogens is 584 g/mol. The summed E-state index contributed by atoms with van der Waals surface area (Å²) in [7, 11) is -7.88. The van der Waals surface area contributed by atoms with Crippen LogP contribution in [0.15, 0.2) is 0 Å². The largest absolute Gasteiger partial charge is 3.00 e. The second-order valence-electron chi connectivity index (χ2n) is 8.47. The van der Waals surface area contributed by atoms with E-state index in [9.17, 15) is 28.4 Å². The molecule has 0 aromatic heterocycles. The monoisotopic (exact) mass is 635 g/mol. The maximum atomic E-state index is 9.95. The molecular formula is C24H51CoO9P3+3. The average molecular weight is 636 g/mol. The Morgan fingerprint density at radius 2 is 0.595 bits per heavy atom. The van der Waals surface area contributed by atoms with Crippen molar-refractivity contribution >= 4 is 24.8 Å². The van der Waals surface area contributed by atoms with Crippen LogP contribution in [-0.4, -0.2) is 19.8 Å². The molecule has 0 aromatic rings. The maximum absolute atomic E-state index is 9.95. The Balaban J connectivity index is -0.000000218. The summed E-state index contributed by atoms with van der Waals surface area (Å²) < 4.78 is 43.1. The van der Waals surface area contributed by atoms with Gasteiger partial charge in [0.2, 0.25) is 0 Å². The van der Waals surface area contributed by atoms with Gasteiger partial charge in [0.15, 0.2) is 0 Å². The fourth-order valence-electron chi connectivity index (χ4n) is 3.06. The van der Waals surface area contributed by atoms with E-state index >= 15 is 0 Å². The summed E-state index contributed by atoms with van der Waals surface area (Å²) in [5.74, 6) is 0. The summed E-state index contributed by atoms with van der Waals surface area (Å²) in [6.45, 7) is 7.57. The van der Waals surface area contributed by atoms with E-state index in [0.29, 0.717) is 19.8 Å². The molecule has 13 heteroatoms. The third kappa shape index (κ3) is 57.5. The van der Waals surface area contributed by atoms with Crippen LogP contribution in [0.4, 0.5) is 0 Å². The van der Waals surface area contributed by atoms with Gasteiger partial charge in [-0.1, -0.05) is 117 Å². The number of unbranched alkanes of at least 4 members (excludes halogenated alkanes) is 15. The molecule has 222 valence electrons. The van der Waals surface area contributed by atoms with E-state index in [1.165, 1.54) is 77.0 Å². The zero-order chi connectivity index (χ0) is 27.7. The Morgan fingerprint density at radius 1 is 0.405 bits per heavy atom. The third-order valence-electron chi connectivity index (χ3n) is 5.08. The molecule has 0 amide bonds. The van der Waals surface area contributed by atoms with Crippen LogP contribution in [0.1, 0.15) is 136 Å². The molecule has 3 atom stereocenters. The number of rotatable bonds is 24. The summed E-state index contributed by atoms with van der Waals surface area (Å²) in [5, 5.41) is 0. The van der Waals surface area contributed by atoms with Gasteiger partial charge in [-0.05, 0) is 33.0 Å². The molecule has 0 saturated heterocycles. The van der Waals surface area contributed by atoms with Crippen molar-refractivity contribution < 1.29 is 58.7 Å². The standard InChI is InChI=1S/3C8H17O3P.Co/c3*1-2-3-4-5-6-7-8-11-12(9)10;/h3*2-8H2,1H3;/q;;;+3.